The van der Waals surface area contributed by atoms with Gasteiger partial charge in [-0.05, 0) is 37.6 Å². The lowest BCUT2D eigenvalue weighted by Crippen LogP contribution is -2.36. The van der Waals surface area contributed by atoms with Gasteiger partial charge >= 0.3 is 0 Å². The van der Waals surface area contributed by atoms with Gasteiger partial charge in [-0.1, -0.05) is 0 Å². The van der Waals surface area contributed by atoms with Crippen LogP contribution in [0.2, 0.25) is 0 Å². The molecule has 0 amide bonds. The van der Waals surface area contributed by atoms with Gasteiger partial charge in [0.1, 0.15) is 5.75 Å². The molecule has 1 aliphatic heterocycles. The van der Waals surface area contributed by atoms with E-state index in [9.17, 15) is 4.79 Å². The quantitative estimate of drug-likeness (QED) is 0.884. The molecule has 1 fully saturated rings. The predicted molar refractivity (Wildman–Crippen MR) is 73.7 cm³/mol. The van der Waals surface area contributed by atoms with E-state index < -0.39 is 0 Å². The number of fused-ring (bicyclic) bond motifs is 1. The topological polar surface area (TPSA) is 56.1 Å². The molecule has 0 spiro atoms. The van der Waals surface area contributed by atoms with Gasteiger partial charge in [0.2, 0.25) is 0 Å². The number of benzene rings is 1. The molecule has 1 N–H and O–H groups in total. The van der Waals surface area contributed by atoms with Crippen molar-refractivity contribution >= 4 is 10.9 Å². The molecular weight excluding hydrogens is 242 g/mol. The molecular formula is C14H17N3O2. The molecule has 1 saturated heterocycles. The summed E-state index contributed by atoms with van der Waals surface area (Å²) in [5, 5.41) is 3.94. The lowest BCUT2D eigenvalue weighted by molar-refractivity contribution is 0.363. The number of aromatic nitrogens is 2. The zero-order chi connectivity index (χ0) is 13.2. The third-order valence-electron chi connectivity index (χ3n) is 3.65. The summed E-state index contributed by atoms with van der Waals surface area (Å²) in [5.74, 6) is 0.686. The summed E-state index contributed by atoms with van der Waals surface area (Å²) < 4.78 is 6.92. The fourth-order valence-corrected chi connectivity index (χ4v) is 2.57. The van der Waals surface area contributed by atoms with Crippen LogP contribution in [-0.2, 0) is 0 Å². The van der Waals surface area contributed by atoms with Crippen molar-refractivity contribution in [3.8, 4) is 5.75 Å². The molecule has 1 aromatic carbocycles. The third-order valence-corrected chi connectivity index (χ3v) is 3.65. The van der Waals surface area contributed by atoms with Crippen LogP contribution in [-0.4, -0.2) is 29.8 Å². The second kappa shape index (κ2) is 5.01. The Balaban J connectivity index is 2.10. The number of nitrogens with zero attached hydrogens (tertiary/aromatic N) is 2. The molecule has 2 aromatic rings. The van der Waals surface area contributed by atoms with Crippen molar-refractivity contribution in [1.29, 1.82) is 0 Å². The number of piperidine rings is 1. The summed E-state index contributed by atoms with van der Waals surface area (Å²) in [6.07, 6.45) is 3.77. The number of methoxy groups -OCH3 is 1. The van der Waals surface area contributed by atoms with Gasteiger partial charge < -0.3 is 10.1 Å². The molecule has 1 aromatic heterocycles. The van der Waals surface area contributed by atoms with E-state index in [4.69, 9.17) is 4.74 Å². The summed E-state index contributed by atoms with van der Waals surface area (Å²) in [6, 6.07) is 5.60. The average Bonchev–Trinajstić information content (AvgIpc) is 2.48. The number of hydrogen-bond donors (Lipinski definition) is 1. The van der Waals surface area contributed by atoms with Gasteiger partial charge in [-0.15, -0.1) is 0 Å². The van der Waals surface area contributed by atoms with Gasteiger partial charge in [0.15, 0.2) is 0 Å². The molecule has 1 atom stereocenters. The predicted octanol–water partition coefficient (Wildman–Crippen LogP) is 1.33. The highest BCUT2D eigenvalue weighted by molar-refractivity contribution is 5.78. The van der Waals surface area contributed by atoms with Crippen LogP contribution in [0.4, 0.5) is 0 Å². The van der Waals surface area contributed by atoms with Crippen molar-refractivity contribution in [2.45, 2.75) is 18.9 Å². The highest BCUT2D eigenvalue weighted by Gasteiger charge is 2.17. The molecule has 0 saturated carbocycles. The van der Waals surface area contributed by atoms with Gasteiger partial charge in [-0.25, -0.2) is 4.98 Å². The van der Waals surface area contributed by atoms with E-state index in [1.807, 2.05) is 12.1 Å². The van der Waals surface area contributed by atoms with Crippen LogP contribution >= 0.6 is 0 Å². The van der Waals surface area contributed by atoms with Crippen LogP contribution in [0, 0.1) is 0 Å². The van der Waals surface area contributed by atoms with Crippen LogP contribution in [0.3, 0.4) is 0 Å². The Labute approximate surface area is 111 Å². The molecule has 3 rings (SSSR count). The van der Waals surface area contributed by atoms with Crippen molar-refractivity contribution in [2.75, 3.05) is 20.2 Å². The maximum Gasteiger partial charge on any atom is 0.261 e. The number of ether oxygens (including phenoxy) is 1. The Morgan fingerprint density at radius 1 is 1.47 bits per heavy atom. The molecule has 19 heavy (non-hydrogen) atoms. The Hall–Kier alpha value is -1.88. The van der Waals surface area contributed by atoms with Gasteiger partial charge in [-0.2, -0.15) is 0 Å². The van der Waals surface area contributed by atoms with E-state index in [0.717, 1.165) is 25.9 Å². The summed E-state index contributed by atoms with van der Waals surface area (Å²) in [5.41, 5.74) is 0.725. The molecule has 0 radical (unpaired) electrons. The van der Waals surface area contributed by atoms with Gasteiger partial charge in [0.05, 0.1) is 30.4 Å². The monoisotopic (exact) mass is 259 g/mol. The van der Waals surface area contributed by atoms with Crippen molar-refractivity contribution in [3.05, 3.63) is 34.9 Å². The summed E-state index contributed by atoms with van der Waals surface area (Å²) >= 11 is 0. The SMILES string of the molecule is COc1ccc2ncn(C3CCCNC3)c(=O)c2c1. The lowest BCUT2D eigenvalue weighted by Gasteiger charge is -2.24. The summed E-state index contributed by atoms with van der Waals surface area (Å²) in [6.45, 7) is 1.86. The Bertz CT molecular complexity index is 645. The lowest BCUT2D eigenvalue weighted by atomic mass is 10.1. The fourth-order valence-electron chi connectivity index (χ4n) is 2.57. The van der Waals surface area contributed by atoms with Crippen molar-refractivity contribution < 1.29 is 4.74 Å². The maximum absolute atomic E-state index is 12.5. The van der Waals surface area contributed by atoms with Crippen molar-refractivity contribution in [1.82, 2.24) is 14.9 Å². The largest absolute Gasteiger partial charge is 0.497 e. The molecule has 1 aliphatic rings. The van der Waals surface area contributed by atoms with Crippen molar-refractivity contribution in [2.24, 2.45) is 0 Å². The van der Waals surface area contributed by atoms with Crippen molar-refractivity contribution in [3.63, 3.8) is 0 Å². The van der Waals surface area contributed by atoms with Crippen LogP contribution in [0.25, 0.3) is 10.9 Å². The van der Waals surface area contributed by atoms with Crippen LogP contribution in [0.5, 0.6) is 5.75 Å². The minimum atomic E-state index is 0.0117. The molecule has 0 bridgehead atoms. The molecule has 5 heteroatoms. The van der Waals surface area contributed by atoms with Gasteiger partial charge in [-0.3, -0.25) is 9.36 Å². The molecule has 100 valence electrons. The highest BCUT2D eigenvalue weighted by atomic mass is 16.5. The summed E-state index contributed by atoms with van der Waals surface area (Å²) in [4.78, 5) is 16.9. The summed E-state index contributed by atoms with van der Waals surface area (Å²) in [7, 11) is 1.60. The molecule has 0 aliphatic carbocycles. The first-order valence-electron chi connectivity index (χ1n) is 6.55. The Kier molecular flexibility index (Phi) is 3.21. The van der Waals surface area contributed by atoms with Crippen LogP contribution in [0.1, 0.15) is 18.9 Å². The minimum absolute atomic E-state index is 0.0117. The van der Waals surface area contributed by atoms with E-state index in [0.29, 0.717) is 16.7 Å². The normalized spacial score (nSPS) is 19.5. The molecule has 2 heterocycles. The van der Waals surface area contributed by atoms with Crippen LogP contribution in [0.15, 0.2) is 29.3 Å². The first-order valence-corrected chi connectivity index (χ1v) is 6.55. The maximum atomic E-state index is 12.5. The third kappa shape index (κ3) is 2.21. The highest BCUT2D eigenvalue weighted by Crippen LogP contribution is 2.18. The van der Waals surface area contributed by atoms with E-state index in [1.165, 1.54) is 0 Å². The number of nitrogens with one attached hydrogen (secondary N) is 1. The molecule has 5 nitrogen and oxygen atoms in total. The second-order valence-electron chi connectivity index (χ2n) is 4.84. The zero-order valence-electron chi connectivity index (χ0n) is 10.9. The smallest absolute Gasteiger partial charge is 0.261 e. The second-order valence-corrected chi connectivity index (χ2v) is 4.84. The van der Waals surface area contributed by atoms with E-state index in [-0.39, 0.29) is 11.6 Å². The van der Waals surface area contributed by atoms with E-state index >= 15 is 0 Å². The van der Waals surface area contributed by atoms with E-state index in [2.05, 4.69) is 10.3 Å². The van der Waals surface area contributed by atoms with Crippen LogP contribution < -0.4 is 15.6 Å². The Morgan fingerprint density at radius 3 is 3.11 bits per heavy atom. The standard InChI is InChI=1S/C14H17N3O2/c1-19-11-4-5-13-12(7-11)14(18)17(9-16-13)10-3-2-6-15-8-10/h4-5,7,9-10,15H,2-3,6,8H2,1H3. The van der Waals surface area contributed by atoms with Gasteiger partial charge in [0, 0.05) is 6.54 Å². The van der Waals surface area contributed by atoms with E-state index in [1.54, 1.807) is 24.1 Å². The number of rotatable bonds is 2. The fraction of sp³-hybridized carbons (Fsp3) is 0.429. The first-order chi connectivity index (χ1) is 9.29. The Morgan fingerprint density at radius 2 is 2.37 bits per heavy atom. The minimum Gasteiger partial charge on any atom is -0.497 e. The average molecular weight is 259 g/mol. The zero-order valence-corrected chi connectivity index (χ0v) is 10.9. The molecule has 1 unspecified atom stereocenters. The number of hydrogen-bond acceptors (Lipinski definition) is 4. The van der Waals surface area contributed by atoms with Gasteiger partial charge in [0.25, 0.3) is 5.56 Å². The first kappa shape index (κ1) is 12.2.